The molecule has 44 heavy (non-hydrogen) atoms. The molecule has 0 bridgehead atoms. The zero-order chi connectivity index (χ0) is 30.6. The Bertz CT molecular complexity index is 1570. The molecule has 1 aliphatic rings. The second-order valence-corrected chi connectivity index (χ2v) is 9.95. The smallest absolute Gasteiger partial charge is 0.511 e. The maximum atomic E-state index is 15.2. The number of ether oxygens (including phenoxy) is 2. The highest BCUT2D eigenvalue weighted by atomic mass is 127. The number of aromatic nitrogens is 7. The van der Waals surface area contributed by atoms with Crippen molar-refractivity contribution in [1.82, 2.24) is 34.8 Å². The first-order valence-electron chi connectivity index (χ1n) is 13.5. The highest BCUT2D eigenvalue weighted by molar-refractivity contribution is 5.94. The van der Waals surface area contributed by atoms with Crippen molar-refractivity contribution < 1.29 is 61.6 Å². The second-order valence-electron chi connectivity index (χ2n) is 9.95. The molecule has 2 aromatic heterocycles. The third-order valence-electron chi connectivity index (χ3n) is 7.16. The summed E-state index contributed by atoms with van der Waals surface area (Å²) in [5.74, 6) is -1.79. The molecule has 14 nitrogen and oxygen atoms in total. The van der Waals surface area contributed by atoms with Crippen LogP contribution >= 0.6 is 0 Å². The molecule has 0 saturated carbocycles. The molecule has 2 atom stereocenters. The summed E-state index contributed by atoms with van der Waals surface area (Å²) in [5, 5.41) is 27.4. The molecule has 3 heterocycles. The zero-order valence-corrected chi connectivity index (χ0v) is 26.0. The van der Waals surface area contributed by atoms with Gasteiger partial charge in [0, 0.05) is 30.4 Å². The van der Waals surface area contributed by atoms with Crippen molar-refractivity contribution in [2.75, 3.05) is 24.6 Å². The maximum absolute atomic E-state index is 15.2. The number of anilines is 1. The van der Waals surface area contributed by atoms with E-state index in [0.717, 1.165) is 12.1 Å². The topological polar surface area (TPSA) is 145 Å². The van der Waals surface area contributed by atoms with Crippen LogP contribution in [0.1, 0.15) is 25.8 Å². The fourth-order valence-corrected chi connectivity index (χ4v) is 4.87. The van der Waals surface area contributed by atoms with E-state index >= 15 is 4.39 Å². The molecular formula is C27H30F2IN9O5. The Morgan fingerprint density at radius 3 is 2.55 bits per heavy atom. The van der Waals surface area contributed by atoms with E-state index in [2.05, 4.69) is 20.6 Å². The number of carbonyl (C=O) groups is 2. The number of halogens is 3. The van der Waals surface area contributed by atoms with Crippen molar-refractivity contribution in [3.63, 3.8) is 0 Å². The monoisotopic (exact) mass is 725 g/mol. The van der Waals surface area contributed by atoms with Crippen molar-refractivity contribution in [2.24, 2.45) is 0 Å². The van der Waals surface area contributed by atoms with Gasteiger partial charge in [0.25, 0.3) is 6.33 Å². The minimum absolute atomic E-state index is 0. The summed E-state index contributed by atoms with van der Waals surface area (Å²) in [6.07, 6.45) is 4.03. The third kappa shape index (κ3) is 6.93. The average Bonchev–Trinajstić information content (AvgIpc) is 3.76. The summed E-state index contributed by atoms with van der Waals surface area (Å²) in [5.41, 5.74) is -0.942. The predicted molar refractivity (Wildman–Crippen MR) is 143 cm³/mol. The van der Waals surface area contributed by atoms with Crippen molar-refractivity contribution in [2.45, 2.75) is 45.2 Å². The van der Waals surface area contributed by atoms with Crippen LogP contribution < -0.4 is 33.6 Å². The van der Waals surface area contributed by atoms with E-state index in [1.54, 1.807) is 31.2 Å². The van der Waals surface area contributed by atoms with Crippen molar-refractivity contribution >= 4 is 17.9 Å². The lowest BCUT2D eigenvalue weighted by atomic mass is 9.85. The fraction of sp³-hybridized carbons (Fsp3) is 0.370. The Kier molecular flexibility index (Phi) is 10.4. The van der Waals surface area contributed by atoms with Gasteiger partial charge < -0.3 is 43.5 Å². The Balaban J connectivity index is 0.00000442. The molecule has 0 unspecified atom stereocenters. The lowest BCUT2D eigenvalue weighted by molar-refractivity contribution is -0.765. The molecule has 1 saturated heterocycles. The lowest BCUT2D eigenvalue weighted by Crippen LogP contribution is -3.00. The maximum Gasteiger partial charge on any atom is 0.511 e. The van der Waals surface area contributed by atoms with Crippen molar-refractivity contribution in [1.29, 1.82) is 0 Å². The van der Waals surface area contributed by atoms with Gasteiger partial charge in [-0.25, -0.2) is 23.1 Å². The van der Waals surface area contributed by atoms with E-state index in [9.17, 15) is 19.1 Å². The molecule has 4 aromatic rings. The number of benzene rings is 2. The summed E-state index contributed by atoms with van der Waals surface area (Å²) >= 11 is 0. The highest BCUT2D eigenvalue weighted by Gasteiger charge is 2.48. The zero-order valence-electron chi connectivity index (χ0n) is 23.8. The van der Waals surface area contributed by atoms with Gasteiger partial charge in [0.15, 0.2) is 5.60 Å². The van der Waals surface area contributed by atoms with Gasteiger partial charge in [-0.3, -0.25) is 4.90 Å². The molecule has 5 rings (SSSR count). The molecule has 1 fully saturated rings. The number of rotatable bonds is 11. The van der Waals surface area contributed by atoms with E-state index in [-0.39, 0.29) is 56.0 Å². The van der Waals surface area contributed by atoms with Gasteiger partial charge in [-0.2, -0.15) is 4.57 Å². The average molecular weight is 725 g/mol. The number of urea groups is 1. The Morgan fingerprint density at radius 1 is 1.11 bits per heavy atom. The van der Waals surface area contributed by atoms with E-state index in [4.69, 9.17) is 9.47 Å². The Labute approximate surface area is 267 Å². The highest BCUT2D eigenvalue weighted by Crippen LogP contribution is 2.34. The summed E-state index contributed by atoms with van der Waals surface area (Å²) in [7, 11) is 0. The predicted octanol–water partition coefficient (Wildman–Crippen LogP) is -0.832. The number of hydrogen-bond donors (Lipinski definition) is 1. The van der Waals surface area contributed by atoms with Gasteiger partial charge in [0.1, 0.15) is 24.5 Å². The minimum Gasteiger partial charge on any atom is -1.00 e. The van der Waals surface area contributed by atoms with Crippen LogP contribution in [0.3, 0.4) is 0 Å². The molecule has 1 aliphatic heterocycles. The Hall–Kier alpha value is -4.26. The van der Waals surface area contributed by atoms with Crippen LogP contribution in [-0.2, 0) is 28.4 Å². The standard InChI is InChI=1S/C27H30F2N9O5.HI/c1-3-12-42-26(40)43-18-34-16-31-35(17-34)14-27(41,23-9-4-20(28)13-24(23)29)19(2)36-10-11-37(25(36)39)21-5-7-22(8-6-21)38-15-30-32-33-38;/h4-9,13,15-17,19,41H,3,10-12,14,18H2,1-2H3;1H/q+1;/p-1/t19-,27-;/m1./s1. The first-order chi connectivity index (χ1) is 20.7. The van der Waals surface area contributed by atoms with Crippen LogP contribution in [0.5, 0.6) is 0 Å². The van der Waals surface area contributed by atoms with Gasteiger partial charge in [-0.05, 0) is 59.2 Å². The summed E-state index contributed by atoms with van der Waals surface area (Å²) < 4.78 is 43.1. The fourth-order valence-electron chi connectivity index (χ4n) is 4.87. The summed E-state index contributed by atoms with van der Waals surface area (Å²) in [6.45, 7) is 3.67. The molecule has 0 spiro atoms. The molecular weight excluding hydrogens is 695 g/mol. The van der Waals surface area contributed by atoms with Gasteiger partial charge in [-0.1, -0.05) is 13.0 Å². The largest absolute Gasteiger partial charge is 1.00 e. The van der Waals surface area contributed by atoms with Crippen LogP contribution in [0, 0.1) is 11.6 Å². The molecule has 2 aromatic carbocycles. The van der Waals surface area contributed by atoms with Crippen molar-refractivity contribution in [3.05, 3.63) is 78.6 Å². The number of amides is 2. The molecule has 0 aliphatic carbocycles. The molecule has 1 N–H and O–H groups in total. The first-order valence-corrected chi connectivity index (χ1v) is 13.5. The lowest BCUT2D eigenvalue weighted by Gasteiger charge is -2.38. The molecule has 0 radical (unpaired) electrons. The van der Waals surface area contributed by atoms with Crippen LogP contribution in [0.25, 0.3) is 5.69 Å². The van der Waals surface area contributed by atoms with Crippen LogP contribution in [0.4, 0.5) is 24.1 Å². The first kappa shape index (κ1) is 32.6. The third-order valence-corrected chi connectivity index (χ3v) is 7.16. The van der Waals surface area contributed by atoms with E-state index in [0.29, 0.717) is 30.4 Å². The van der Waals surface area contributed by atoms with Gasteiger partial charge in [-0.15, -0.1) is 9.78 Å². The second kappa shape index (κ2) is 14.0. The normalized spacial score (nSPS) is 15.1. The van der Waals surface area contributed by atoms with E-state index in [1.807, 2.05) is 6.92 Å². The van der Waals surface area contributed by atoms with Gasteiger partial charge >= 0.3 is 12.2 Å². The van der Waals surface area contributed by atoms with Gasteiger partial charge in [0.2, 0.25) is 13.1 Å². The van der Waals surface area contributed by atoms with Crippen LogP contribution in [0.2, 0.25) is 0 Å². The van der Waals surface area contributed by atoms with E-state index < -0.39 is 35.5 Å². The van der Waals surface area contributed by atoms with E-state index in [1.165, 1.54) is 42.7 Å². The van der Waals surface area contributed by atoms with Gasteiger partial charge in [0.05, 0.1) is 18.3 Å². The molecule has 17 heteroatoms. The number of hydrogen-bond acceptors (Lipinski definition) is 9. The quantitative estimate of drug-likeness (QED) is 0.119. The van der Waals surface area contributed by atoms with Crippen LogP contribution in [-0.4, -0.2) is 77.8 Å². The number of tetrazole rings is 1. The molecule has 2 amide bonds. The minimum atomic E-state index is -2.04. The SMILES string of the molecule is CCCOC(=O)OCn1cn[n+](C[C@](O)(c2ccc(F)cc2F)[C@@H](C)N2CCN(c3ccc(-n4cnnn4)cc3)C2=O)c1.[I-]. The molecule has 234 valence electrons. The number of nitrogens with zero attached hydrogens (tertiary/aromatic N) is 9. The Morgan fingerprint density at radius 2 is 1.86 bits per heavy atom. The summed E-state index contributed by atoms with van der Waals surface area (Å²) in [6, 6.07) is 8.50. The number of aliphatic hydroxyl groups is 1. The van der Waals surface area contributed by atoms with Crippen LogP contribution in [0.15, 0.2) is 61.4 Å². The summed E-state index contributed by atoms with van der Waals surface area (Å²) in [4.78, 5) is 28.3. The van der Waals surface area contributed by atoms with Crippen molar-refractivity contribution in [3.8, 4) is 5.69 Å². The number of carbonyl (C=O) groups excluding carboxylic acids is 2.